The third kappa shape index (κ3) is 4.93. The first-order chi connectivity index (χ1) is 12.9. The molecule has 0 bridgehead atoms. The fourth-order valence-corrected chi connectivity index (χ4v) is 3.67. The molecule has 1 aliphatic heterocycles. The van der Waals surface area contributed by atoms with Gasteiger partial charge in [0.15, 0.2) is 11.5 Å². The van der Waals surface area contributed by atoms with Gasteiger partial charge in [0.2, 0.25) is 11.8 Å². The summed E-state index contributed by atoms with van der Waals surface area (Å²) in [6.07, 6.45) is 3.96. The van der Waals surface area contributed by atoms with Crippen molar-refractivity contribution in [2.24, 2.45) is 17.8 Å². The van der Waals surface area contributed by atoms with E-state index in [0.717, 1.165) is 25.7 Å². The first-order valence-corrected chi connectivity index (χ1v) is 9.95. The number of fused-ring (bicyclic) bond motifs is 1. The Morgan fingerprint density at radius 2 is 1.70 bits per heavy atom. The van der Waals surface area contributed by atoms with Crippen LogP contribution >= 0.6 is 0 Å². The lowest BCUT2D eigenvalue weighted by atomic mass is 9.82. The summed E-state index contributed by atoms with van der Waals surface area (Å²) in [6, 6.07) is 4.77. The van der Waals surface area contributed by atoms with Crippen LogP contribution < -0.4 is 20.1 Å². The Morgan fingerprint density at radius 3 is 2.37 bits per heavy atom. The van der Waals surface area contributed by atoms with Gasteiger partial charge in [0.1, 0.15) is 19.3 Å². The molecule has 0 aromatic heterocycles. The van der Waals surface area contributed by atoms with E-state index in [1.165, 1.54) is 0 Å². The molecule has 1 heterocycles. The summed E-state index contributed by atoms with van der Waals surface area (Å²) in [6.45, 7) is 7.13. The summed E-state index contributed by atoms with van der Waals surface area (Å²) in [5, 5.41) is 5.88. The van der Waals surface area contributed by atoms with Crippen LogP contribution in [-0.4, -0.2) is 31.1 Å². The number of carbonyl (C=O) groups excluding carboxylic acids is 2. The Balaban J connectivity index is 1.62. The van der Waals surface area contributed by atoms with Gasteiger partial charge in [-0.25, -0.2) is 0 Å². The van der Waals surface area contributed by atoms with E-state index in [9.17, 15) is 9.59 Å². The van der Waals surface area contributed by atoms with Gasteiger partial charge in [0.25, 0.3) is 0 Å². The molecule has 27 heavy (non-hydrogen) atoms. The molecule has 1 aromatic rings. The first-order valence-electron chi connectivity index (χ1n) is 9.95. The highest BCUT2D eigenvalue weighted by Gasteiger charge is 2.30. The minimum absolute atomic E-state index is 0.00192. The SMILES string of the molecule is CC1CCC(C(=O)N[C@H](C(=O)Nc2ccc3c(c2)OCCO3)C(C)C)CC1. The summed E-state index contributed by atoms with van der Waals surface area (Å²) in [5.74, 6) is 1.80. The molecule has 1 fully saturated rings. The summed E-state index contributed by atoms with van der Waals surface area (Å²) in [7, 11) is 0. The standard InChI is InChI=1S/C21H30N2O4/c1-13(2)19(23-20(24)15-6-4-14(3)5-7-15)21(25)22-16-8-9-17-18(12-16)27-11-10-26-17/h8-9,12-15,19H,4-7,10-11H2,1-3H3,(H,22,25)(H,23,24)/t14?,15?,19-/m0/s1. The Morgan fingerprint density at radius 1 is 1.04 bits per heavy atom. The van der Waals surface area contributed by atoms with Gasteiger partial charge >= 0.3 is 0 Å². The van der Waals surface area contributed by atoms with Crippen molar-refractivity contribution in [3.05, 3.63) is 18.2 Å². The van der Waals surface area contributed by atoms with E-state index in [2.05, 4.69) is 17.6 Å². The van der Waals surface area contributed by atoms with E-state index in [0.29, 0.717) is 36.3 Å². The zero-order valence-electron chi connectivity index (χ0n) is 16.4. The summed E-state index contributed by atoms with van der Waals surface area (Å²) < 4.78 is 11.1. The predicted octanol–water partition coefficient (Wildman–Crippen LogP) is 3.36. The second kappa shape index (κ2) is 8.63. The highest BCUT2D eigenvalue weighted by atomic mass is 16.6. The molecular weight excluding hydrogens is 344 g/mol. The highest BCUT2D eigenvalue weighted by molar-refractivity contribution is 5.97. The van der Waals surface area contributed by atoms with E-state index in [4.69, 9.17) is 9.47 Å². The monoisotopic (exact) mass is 374 g/mol. The zero-order chi connectivity index (χ0) is 19.4. The normalized spacial score (nSPS) is 22.8. The van der Waals surface area contributed by atoms with Crippen LogP contribution in [0.5, 0.6) is 11.5 Å². The van der Waals surface area contributed by atoms with Gasteiger partial charge in [-0.15, -0.1) is 0 Å². The average Bonchev–Trinajstić information content (AvgIpc) is 2.66. The number of rotatable bonds is 5. The van der Waals surface area contributed by atoms with Crippen LogP contribution in [0.3, 0.4) is 0 Å². The number of benzene rings is 1. The second-order valence-electron chi connectivity index (χ2n) is 8.03. The molecule has 0 saturated heterocycles. The minimum atomic E-state index is -0.565. The molecule has 6 heteroatoms. The lowest BCUT2D eigenvalue weighted by molar-refractivity contribution is -0.131. The summed E-state index contributed by atoms with van der Waals surface area (Å²) >= 11 is 0. The quantitative estimate of drug-likeness (QED) is 0.828. The molecular formula is C21H30N2O4. The average molecular weight is 374 g/mol. The Hall–Kier alpha value is -2.24. The van der Waals surface area contributed by atoms with Crippen molar-refractivity contribution in [3.8, 4) is 11.5 Å². The maximum atomic E-state index is 12.8. The molecule has 2 N–H and O–H groups in total. The van der Waals surface area contributed by atoms with Gasteiger partial charge in [-0.05, 0) is 49.7 Å². The van der Waals surface area contributed by atoms with E-state index in [1.807, 2.05) is 13.8 Å². The third-order valence-electron chi connectivity index (χ3n) is 5.44. The van der Waals surface area contributed by atoms with Gasteiger partial charge in [0.05, 0.1) is 0 Å². The van der Waals surface area contributed by atoms with Crippen molar-refractivity contribution in [3.63, 3.8) is 0 Å². The van der Waals surface area contributed by atoms with Crippen LogP contribution in [0.2, 0.25) is 0 Å². The number of ether oxygens (including phenoxy) is 2. The van der Waals surface area contributed by atoms with E-state index < -0.39 is 6.04 Å². The number of hydrogen-bond acceptors (Lipinski definition) is 4. The van der Waals surface area contributed by atoms with Crippen LogP contribution in [0.25, 0.3) is 0 Å². The molecule has 1 aromatic carbocycles. The van der Waals surface area contributed by atoms with Crippen molar-refractivity contribution in [2.75, 3.05) is 18.5 Å². The Kier molecular flexibility index (Phi) is 6.24. The van der Waals surface area contributed by atoms with Crippen LogP contribution in [0.15, 0.2) is 18.2 Å². The second-order valence-corrected chi connectivity index (χ2v) is 8.03. The molecule has 2 amide bonds. The maximum Gasteiger partial charge on any atom is 0.247 e. The van der Waals surface area contributed by atoms with Crippen LogP contribution in [0, 0.1) is 17.8 Å². The minimum Gasteiger partial charge on any atom is -0.486 e. The van der Waals surface area contributed by atoms with E-state index in [1.54, 1.807) is 18.2 Å². The fourth-order valence-electron chi connectivity index (χ4n) is 3.67. The molecule has 1 atom stereocenters. The van der Waals surface area contributed by atoms with Gasteiger partial charge in [-0.2, -0.15) is 0 Å². The van der Waals surface area contributed by atoms with Crippen molar-refractivity contribution in [1.82, 2.24) is 5.32 Å². The van der Waals surface area contributed by atoms with Gasteiger partial charge in [-0.1, -0.05) is 20.8 Å². The Bertz CT molecular complexity index is 681. The van der Waals surface area contributed by atoms with E-state index in [-0.39, 0.29) is 23.7 Å². The van der Waals surface area contributed by atoms with Gasteiger partial charge in [0, 0.05) is 17.7 Å². The van der Waals surface area contributed by atoms with Crippen LogP contribution in [0.4, 0.5) is 5.69 Å². The van der Waals surface area contributed by atoms with Gasteiger partial charge in [-0.3, -0.25) is 9.59 Å². The molecule has 0 spiro atoms. The topological polar surface area (TPSA) is 76.7 Å². The largest absolute Gasteiger partial charge is 0.486 e. The van der Waals surface area contributed by atoms with Crippen molar-refractivity contribution in [1.29, 1.82) is 0 Å². The molecule has 2 aliphatic rings. The molecule has 6 nitrogen and oxygen atoms in total. The molecule has 0 unspecified atom stereocenters. The molecule has 148 valence electrons. The van der Waals surface area contributed by atoms with Crippen molar-refractivity contribution >= 4 is 17.5 Å². The van der Waals surface area contributed by atoms with Crippen molar-refractivity contribution < 1.29 is 19.1 Å². The lowest BCUT2D eigenvalue weighted by Gasteiger charge is -2.28. The number of hydrogen-bond donors (Lipinski definition) is 2. The number of carbonyl (C=O) groups is 2. The van der Waals surface area contributed by atoms with Crippen LogP contribution in [0.1, 0.15) is 46.5 Å². The predicted molar refractivity (Wildman–Crippen MR) is 104 cm³/mol. The van der Waals surface area contributed by atoms with Gasteiger partial charge < -0.3 is 20.1 Å². The van der Waals surface area contributed by atoms with Crippen LogP contribution in [-0.2, 0) is 9.59 Å². The molecule has 3 rings (SSSR count). The molecule has 1 aliphatic carbocycles. The maximum absolute atomic E-state index is 12.8. The summed E-state index contributed by atoms with van der Waals surface area (Å²) in [4.78, 5) is 25.4. The number of anilines is 1. The smallest absolute Gasteiger partial charge is 0.247 e. The number of amides is 2. The van der Waals surface area contributed by atoms with Crippen molar-refractivity contribution in [2.45, 2.75) is 52.5 Å². The third-order valence-corrected chi connectivity index (χ3v) is 5.44. The Labute approximate surface area is 161 Å². The fraction of sp³-hybridized carbons (Fsp3) is 0.619. The molecule has 1 saturated carbocycles. The highest BCUT2D eigenvalue weighted by Crippen LogP contribution is 2.33. The number of nitrogens with one attached hydrogen (secondary N) is 2. The van der Waals surface area contributed by atoms with E-state index >= 15 is 0 Å². The first kappa shape index (κ1) is 19.5. The molecule has 0 radical (unpaired) electrons. The lowest BCUT2D eigenvalue weighted by Crippen LogP contribution is -2.49. The zero-order valence-corrected chi connectivity index (χ0v) is 16.4. The summed E-state index contributed by atoms with van der Waals surface area (Å²) in [5.41, 5.74) is 0.635.